The lowest BCUT2D eigenvalue weighted by Crippen LogP contribution is -2.27. The summed E-state index contributed by atoms with van der Waals surface area (Å²) in [5, 5.41) is 3.41. The normalized spacial score (nSPS) is 14.3. The van der Waals surface area contributed by atoms with Crippen LogP contribution in [-0.4, -0.2) is 31.7 Å². The summed E-state index contributed by atoms with van der Waals surface area (Å²) in [5.41, 5.74) is 1.79. The van der Waals surface area contributed by atoms with Crippen molar-refractivity contribution in [1.29, 1.82) is 0 Å². The van der Waals surface area contributed by atoms with E-state index in [-0.39, 0.29) is 17.4 Å². The van der Waals surface area contributed by atoms with E-state index in [4.69, 9.17) is 16.3 Å². The molecule has 0 unspecified atom stereocenters. The molecule has 0 aliphatic carbocycles. The van der Waals surface area contributed by atoms with E-state index in [1.165, 1.54) is 16.4 Å². The molecule has 1 amide bonds. The van der Waals surface area contributed by atoms with E-state index < -0.39 is 10.0 Å². The number of benzene rings is 3. The summed E-state index contributed by atoms with van der Waals surface area (Å²) in [5.74, 6) is 0.230. The molecule has 0 radical (unpaired) electrons. The zero-order valence-corrected chi connectivity index (χ0v) is 18.9. The van der Waals surface area contributed by atoms with Crippen LogP contribution in [0.2, 0.25) is 5.02 Å². The average Bonchev–Trinajstić information content (AvgIpc) is 3.35. The number of halogens is 1. The molecule has 0 bridgehead atoms. The third kappa shape index (κ3) is 5.12. The van der Waals surface area contributed by atoms with Crippen LogP contribution >= 0.6 is 11.6 Å². The third-order valence-electron chi connectivity index (χ3n) is 5.26. The van der Waals surface area contributed by atoms with Crippen LogP contribution in [0, 0.1) is 0 Å². The second-order valence-electron chi connectivity index (χ2n) is 7.50. The van der Waals surface area contributed by atoms with Gasteiger partial charge in [0.1, 0.15) is 12.4 Å². The minimum absolute atomic E-state index is 0.229. The van der Waals surface area contributed by atoms with Crippen molar-refractivity contribution in [2.45, 2.75) is 24.3 Å². The van der Waals surface area contributed by atoms with Crippen molar-refractivity contribution < 1.29 is 17.9 Å². The molecular formula is C24H23ClN2O4S. The highest BCUT2D eigenvalue weighted by molar-refractivity contribution is 7.89. The van der Waals surface area contributed by atoms with Gasteiger partial charge < -0.3 is 10.1 Å². The molecule has 32 heavy (non-hydrogen) atoms. The quantitative estimate of drug-likeness (QED) is 0.529. The number of nitrogens with one attached hydrogen (secondary N) is 1. The van der Waals surface area contributed by atoms with Crippen molar-refractivity contribution >= 4 is 33.2 Å². The number of rotatable bonds is 7. The maximum absolute atomic E-state index is 12.7. The predicted molar refractivity (Wildman–Crippen MR) is 125 cm³/mol. The van der Waals surface area contributed by atoms with Crippen molar-refractivity contribution in [1.82, 2.24) is 4.31 Å². The summed E-state index contributed by atoms with van der Waals surface area (Å²) in [6.07, 6.45) is 1.77. The molecule has 1 aliphatic heterocycles. The van der Waals surface area contributed by atoms with E-state index in [0.29, 0.717) is 35.1 Å². The van der Waals surface area contributed by atoms with Crippen molar-refractivity contribution in [3.8, 4) is 5.75 Å². The number of ether oxygens (including phenoxy) is 1. The first kappa shape index (κ1) is 22.3. The number of sulfonamides is 1. The molecule has 166 valence electrons. The van der Waals surface area contributed by atoms with Crippen LogP contribution in [0.15, 0.2) is 77.7 Å². The van der Waals surface area contributed by atoms with Gasteiger partial charge in [0.25, 0.3) is 5.91 Å². The first-order valence-electron chi connectivity index (χ1n) is 10.3. The Bertz CT molecular complexity index is 1210. The van der Waals surface area contributed by atoms with E-state index in [1.54, 1.807) is 42.5 Å². The Hall–Kier alpha value is -2.87. The van der Waals surface area contributed by atoms with Crippen LogP contribution in [0.3, 0.4) is 0 Å². The van der Waals surface area contributed by atoms with Crippen LogP contribution in [0.4, 0.5) is 5.69 Å². The Kier molecular flexibility index (Phi) is 6.79. The van der Waals surface area contributed by atoms with E-state index in [1.807, 2.05) is 18.2 Å². The minimum Gasteiger partial charge on any atom is -0.489 e. The predicted octanol–water partition coefficient (Wildman–Crippen LogP) is 4.96. The van der Waals surface area contributed by atoms with Crippen molar-refractivity contribution in [3.63, 3.8) is 0 Å². The van der Waals surface area contributed by atoms with Gasteiger partial charge in [-0.05, 0) is 61.4 Å². The molecule has 6 nitrogen and oxygen atoms in total. The fourth-order valence-corrected chi connectivity index (χ4v) is 5.20. The highest BCUT2D eigenvalue weighted by Gasteiger charge is 2.26. The molecule has 8 heteroatoms. The highest BCUT2D eigenvalue weighted by atomic mass is 35.5. The summed E-state index contributed by atoms with van der Waals surface area (Å²) >= 11 is 6.15. The first-order chi connectivity index (χ1) is 15.4. The van der Waals surface area contributed by atoms with E-state index >= 15 is 0 Å². The molecular weight excluding hydrogens is 448 g/mol. The molecule has 1 fully saturated rings. The number of amides is 1. The van der Waals surface area contributed by atoms with Gasteiger partial charge in [0.15, 0.2) is 0 Å². The Morgan fingerprint density at radius 2 is 1.69 bits per heavy atom. The summed E-state index contributed by atoms with van der Waals surface area (Å²) in [6.45, 7) is 1.39. The van der Waals surface area contributed by atoms with Crippen molar-refractivity contribution in [2.75, 3.05) is 18.4 Å². The summed E-state index contributed by atoms with van der Waals surface area (Å²) in [6, 6.07) is 20.5. The Labute approximate surface area is 192 Å². The SMILES string of the molecule is O=C(Nc1ccc(S(=O)(=O)N2CCCC2)cc1)c1cccc(OCc2ccccc2Cl)c1. The first-order valence-corrected chi connectivity index (χ1v) is 12.1. The lowest BCUT2D eigenvalue weighted by molar-refractivity contribution is 0.102. The standard InChI is InChI=1S/C24H23ClN2O4S/c25-23-9-2-1-6-19(23)17-31-21-8-5-7-18(16-21)24(28)26-20-10-12-22(13-11-20)32(29,30)27-14-3-4-15-27/h1-2,5-13,16H,3-4,14-15,17H2,(H,26,28). The van der Waals surface area contributed by atoms with Crippen LogP contribution in [0.5, 0.6) is 5.75 Å². The summed E-state index contributed by atoms with van der Waals surface area (Å²) < 4.78 is 32.5. The number of nitrogens with zero attached hydrogens (tertiary/aromatic N) is 1. The largest absolute Gasteiger partial charge is 0.489 e. The molecule has 1 heterocycles. The van der Waals surface area contributed by atoms with Crippen molar-refractivity contribution in [3.05, 3.63) is 88.9 Å². The van der Waals surface area contributed by atoms with Gasteiger partial charge in [-0.3, -0.25) is 4.79 Å². The topological polar surface area (TPSA) is 75.7 Å². The third-order valence-corrected chi connectivity index (χ3v) is 7.54. The van der Waals surface area contributed by atoms with Gasteiger partial charge in [-0.2, -0.15) is 4.31 Å². The average molecular weight is 471 g/mol. The highest BCUT2D eigenvalue weighted by Crippen LogP contribution is 2.23. The van der Waals surface area contributed by atoms with Crippen LogP contribution in [0.1, 0.15) is 28.8 Å². The van der Waals surface area contributed by atoms with E-state index in [0.717, 1.165) is 18.4 Å². The van der Waals surface area contributed by atoms with E-state index in [9.17, 15) is 13.2 Å². The van der Waals surface area contributed by atoms with Crippen LogP contribution in [-0.2, 0) is 16.6 Å². The Morgan fingerprint density at radius 3 is 2.41 bits per heavy atom. The monoisotopic (exact) mass is 470 g/mol. The second kappa shape index (κ2) is 9.73. The molecule has 0 spiro atoms. The number of carbonyl (C=O) groups is 1. The molecule has 0 saturated carbocycles. The molecule has 1 aliphatic rings. The van der Waals surface area contributed by atoms with Gasteiger partial charge in [0.05, 0.1) is 4.90 Å². The maximum Gasteiger partial charge on any atom is 0.255 e. The number of hydrogen-bond donors (Lipinski definition) is 1. The fourth-order valence-electron chi connectivity index (χ4n) is 3.49. The van der Waals surface area contributed by atoms with Gasteiger partial charge >= 0.3 is 0 Å². The number of carbonyl (C=O) groups excluding carboxylic acids is 1. The smallest absolute Gasteiger partial charge is 0.255 e. The molecule has 1 N–H and O–H groups in total. The molecule has 4 rings (SSSR count). The molecule has 0 aromatic heterocycles. The van der Waals surface area contributed by atoms with E-state index in [2.05, 4.69) is 5.32 Å². The Morgan fingerprint density at radius 1 is 0.969 bits per heavy atom. The van der Waals surface area contributed by atoms with Gasteiger partial charge in [0.2, 0.25) is 10.0 Å². The second-order valence-corrected chi connectivity index (χ2v) is 9.84. The molecule has 1 saturated heterocycles. The lowest BCUT2D eigenvalue weighted by Gasteiger charge is -2.15. The van der Waals surface area contributed by atoms with Gasteiger partial charge in [-0.25, -0.2) is 8.42 Å². The molecule has 3 aromatic carbocycles. The number of hydrogen-bond acceptors (Lipinski definition) is 4. The fraction of sp³-hybridized carbons (Fsp3) is 0.208. The molecule has 0 atom stereocenters. The number of anilines is 1. The zero-order chi connectivity index (χ0) is 22.6. The lowest BCUT2D eigenvalue weighted by atomic mass is 10.2. The van der Waals surface area contributed by atoms with Crippen LogP contribution < -0.4 is 10.1 Å². The minimum atomic E-state index is -3.48. The van der Waals surface area contributed by atoms with Gasteiger partial charge in [-0.15, -0.1) is 0 Å². The van der Waals surface area contributed by atoms with Crippen LogP contribution in [0.25, 0.3) is 0 Å². The maximum atomic E-state index is 12.7. The zero-order valence-electron chi connectivity index (χ0n) is 17.3. The Balaban J connectivity index is 1.40. The van der Waals surface area contributed by atoms with Gasteiger partial charge in [-0.1, -0.05) is 35.9 Å². The van der Waals surface area contributed by atoms with Crippen molar-refractivity contribution in [2.24, 2.45) is 0 Å². The summed E-state index contributed by atoms with van der Waals surface area (Å²) in [7, 11) is -3.48. The molecule has 3 aromatic rings. The summed E-state index contributed by atoms with van der Waals surface area (Å²) in [4.78, 5) is 12.9. The van der Waals surface area contributed by atoms with Gasteiger partial charge in [0, 0.05) is 34.9 Å².